The van der Waals surface area contributed by atoms with Gasteiger partial charge >= 0.3 is 0 Å². The first-order valence-corrected chi connectivity index (χ1v) is 11.5. The molecule has 2 N–H and O–H groups in total. The van der Waals surface area contributed by atoms with Crippen molar-refractivity contribution in [3.8, 4) is 0 Å². The molecular weight excluding hydrogens is 756 g/mol. The topological polar surface area (TPSA) is 47.6 Å². The smallest absolute Gasteiger partial charge is 0 e. The van der Waals surface area contributed by atoms with Gasteiger partial charge in [0.1, 0.15) is 0 Å². The van der Waals surface area contributed by atoms with Crippen LogP contribution in [0.2, 0.25) is 0 Å². The monoisotopic (exact) mass is 790 g/mol. The number of hydrogen-bond donors (Lipinski definition) is 0. The maximum Gasteiger partial charge on any atom is 0 e. The Morgan fingerprint density at radius 3 is 0.696 bits per heavy atom. The van der Waals surface area contributed by atoms with Crippen molar-refractivity contribution in [3.63, 3.8) is 0 Å². The van der Waals surface area contributed by atoms with Gasteiger partial charge in [0.15, 0.2) is 0 Å². The number of nitrogens with one attached hydrogen (secondary N) is 2. The second-order valence-corrected chi connectivity index (χ2v) is 10.5. The zero-order chi connectivity index (χ0) is 15.0. The minimum absolute atomic E-state index is 0. The quantitative estimate of drug-likeness (QED) is 0.238. The van der Waals surface area contributed by atoms with E-state index in [9.17, 15) is 0 Å². The molecule has 0 radical (unpaired) electrons. The van der Waals surface area contributed by atoms with Gasteiger partial charge in [-0.3, -0.25) is 0 Å². The second-order valence-electron chi connectivity index (χ2n) is 5.15. The molecule has 0 aromatic heterocycles. The van der Waals surface area contributed by atoms with Gasteiger partial charge in [0.25, 0.3) is 0 Å². The zero-order valence-electron chi connectivity index (χ0n) is 16.1. The van der Waals surface area contributed by atoms with E-state index >= 15 is 0 Å². The largest absolute Gasteiger partial charge is 1.00 e. The number of halogens is 4. The van der Waals surface area contributed by atoms with E-state index in [0.29, 0.717) is 15.8 Å². The Labute approximate surface area is 203 Å². The van der Waals surface area contributed by atoms with Crippen molar-refractivity contribution >= 4 is 15.8 Å². The summed E-state index contributed by atoms with van der Waals surface area (Å²) in [6.45, 7) is 21.0. The van der Waals surface area contributed by atoms with Gasteiger partial charge in [0.05, 0.1) is 0 Å². The molecule has 0 unspecified atom stereocenters. The standard InChI is InChI=1S/C4H10N.C3H8N.2C3H9P.4ClH.2W/c1-3-4(2)5;1-3(2)4;2*1-4(2)3;;;;;;/h4-5H,3H2,1-2H3;3-4H,1-2H3;2*1-3H3;4*1H;;/q2*-1;;;;;;;;/p-4/t4-;;;;;;;;;/m1........./s1. The summed E-state index contributed by atoms with van der Waals surface area (Å²) in [5.41, 5.74) is 13.4. The van der Waals surface area contributed by atoms with Crippen molar-refractivity contribution in [2.75, 3.05) is 40.0 Å². The average Bonchev–Trinajstić information content (AvgIpc) is 2.00. The molecule has 0 saturated heterocycles. The molecule has 0 aliphatic carbocycles. The van der Waals surface area contributed by atoms with Gasteiger partial charge in [-0.15, -0.1) is 27.9 Å². The normalized spacial score (nSPS) is 7.96. The fourth-order valence-corrected chi connectivity index (χ4v) is 0. The molecule has 0 aliphatic rings. The second kappa shape index (κ2) is 56.2. The van der Waals surface area contributed by atoms with Crippen LogP contribution in [0.3, 0.4) is 0 Å². The van der Waals surface area contributed by atoms with E-state index in [0.717, 1.165) is 6.42 Å². The fraction of sp³-hybridized carbons (Fsp3) is 1.00. The molecule has 2 nitrogen and oxygen atoms in total. The van der Waals surface area contributed by atoms with Crippen LogP contribution in [0.5, 0.6) is 0 Å². The molecule has 0 heterocycles. The number of hydrogen-bond acceptors (Lipinski definition) is 0. The van der Waals surface area contributed by atoms with Crippen LogP contribution in [0.1, 0.15) is 34.1 Å². The third-order valence-electron chi connectivity index (χ3n) is 0.612. The van der Waals surface area contributed by atoms with E-state index in [1.54, 1.807) is 0 Å². The summed E-state index contributed by atoms with van der Waals surface area (Å²) in [6.07, 6.45) is 0.972. The van der Waals surface area contributed by atoms with Crippen molar-refractivity contribution in [3.05, 3.63) is 11.5 Å². The van der Waals surface area contributed by atoms with Crippen LogP contribution >= 0.6 is 15.8 Å². The molecule has 0 bridgehead atoms. The minimum atomic E-state index is 0. The Bertz CT molecular complexity index is 108. The Kier molecular flexibility index (Phi) is 155. The first-order valence-electron chi connectivity index (χ1n) is 6.11. The van der Waals surface area contributed by atoms with Crippen LogP contribution in [-0.2, 0) is 42.1 Å². The van der Waals surface area contributed by atoms with Crippen molar-refractivity contribution in [1.82, 2.24) is 0 Å². The third kappa shape index (κ3) is 487. The first-order chi connectivity index (χ1) is 7.47. The predicted molar refractivity (Wildman–Crippen MR) is 92.9 cm³/mol. The van der Waals surface area contributed by atoms with Gasteiger partial charge in [0.2, 0.25) is 0 Å². The van der Waals surface area contributed by atoms with Crippen LogP contribution in [-0.4, -0.2) is 52.1 Å². The maximum atomic E-state index is 6.83. The van der Waals surface area contributed by atoms with E-state index in [1.807, 2.05) is 27.7 Å². The fourth-order valence-electron chi connectivity index (χ4n) is 0. The molecule has 0 aromatic carbocycles. The zero-order valence-corrected chi connectivity index (χ0v) is 26.8. The molecule has 1 atom stereocenters. The molecule has 0 aromatic rings. The number of rotatable bonds is 1. The Balaban J connectivity index is -0.0000000113. The van der Waals surface area contributed by atoms with Gasteiger partial charge in [0, 0.05) is 42.1 Å². The predicted octanol–water partition coefficient (Wildman–Crippen LogP) is -5.99. The van der Waals surface area contributed by atoms with Crippen molar-refractivity contribution in [1.29, 1.82) is 0 Å². The molecule has 10 heteroatoms. The van der Waals surface area contributed by atoms with Crippen LogP contribution in [0.25, 0.3) is 11.5 Å². The van der Waals surface area contributed by atoms with Gasteiger partial charge in [-0.05, 0) is 40.0 Å². The molecular formula is C13H36Cl4N2P2W2-6. The summed E-state index contributed by atoms with van der Waals surface area (Å²) in [5.74, 6) is 0. The maximum absolute atomic E-state index is 6.83. The van der Waals surface area contributed by atoms with Crippen LogP contribution in [0.4, 0.5) is 0 Å². The molecule has 154 valence electrons. The molecule has 0 aliphatic heterocycles. The van der Waals surface area contributed by atoms with Gasteiger partial charge in [-0.25, -0.2) is 0 Å². The van der Waals surface area contributed by atoms with Gasteiger partial charge in [-0.1, -0.05) is 34.1 Å². The van der Waals surface area contributed by atoms with E-state index < -0.39 is 0 Å². The van der Waals surface area contributed by atoms with Crippen molar-refractivity contribution in [2.45, 2.75) is 46.2 Å². The van der Waals surface area contributed by atoms with Crippen molar-refractivity contribution < 1.29 is 91.8 Å². The molecule has 0 fully saturated rings. The van der Waals surface area contributed by atoms with Gasteiger partial charge in [-0.2, -0.15) is 0 Å². The minimum Gasteiger partial charge on any atom is -1.00 e. The SMILES string of the molecule is CC(C)[NH-].CC[C@@H](C)[NH-].CP(C)C.CP(C)C.[Cl-].[Cl-].[Cl-].[Cl-].[W].[W]. The van der Waals surface area contributed by atoms with E-state index in [2.05, 4.69) is 40.0 Å². The summed E-state index contributed by atoms with van der Waals surface area (Å²) in [5, 5.41) is 0. The van der Waals surface area contributed by atoms with E-state index in [-0.39, 0.29) is 104 Å². The molecule has 0 rings (SSSR count). The first kappa shape index (κ1) is 63.4. The van der Waals surface area contributed by atoms with Crippen LogP contribution in [0.15, 0.2) is 0 Å². The van der Waals surface area contributed by atoms with Crippen LogP contribution < -0.4 is 49.6 Å². The van der Waals surface area contributed by atoms with E-state index in [4.69, 9.17) is 11.5 Å². The molecule has 23 heavy (non-hydrogen) atoms. The molecule has 0 saturated carbocycles. The van der Waals surface area contributed by atoms with E-state index in [1.165, 1.54) is 0 Å². The molecule has 0 amide bonds. The Morgan fingerprint density at radius 1 is 0.652 bits per heavy atom. The summed E-state index contributed by atoms with van der Waals surface area (Å²) >= 11 is 0. The summed E-state index contributed by atoms with van der Waals surface area (Å²) < 4.78 is 0. The summed E-state index contributed by atoms with van der Waals surface area (Å²) in [7, 11) is 0.759. The Hall–Kier alpha value is 3.32. The van der Waals surface area contributed by atoms with Crippen molar-refractivity contribution in [2.24, 2.45) is 0 Å². The van der Waals surface area contributed by atoms with Gasteiger partial charge < -0.3 is 61.1 Å². The molecule has 0 spiro atoms. The third-order valence-corrected chi connectivity index (χ3v) is 0.612. The average molecular weight is 792 g/mol. The van der Waals surface area contributed by atoms with Crippen LogP contribution in [0, 0.1) is 0 Å². The summed E-state index contributed by atoms with van der Waals surface area (Å²) in [6, 6.07) is 0.218. The summed E-state index contributed by atoms with van der Waals surface area (Å²) in [4.78, 5) is 0. The Morgan fingerprint density at radius 2 is 0.696 bits per heavy atom.